The molecule has 1 aromatic carbocycles. The molecular formula is C19H20N4O3S. The molecule has 1 aromatic heterocycles. The van der Waals surface area contributed by atoms with Crippen LogP contribution in [0, 0.1) is 11.3 Å². The molecule has 0 radical (unpaired) electrons. The van der Waals surface area contributed by atoms with E-state index in [2.05, 4.69) is 16.4 Å². The highest BCUT2D eigenvalue weighted by molar-refractivity contribution is 7.91. The van der Waals surface area contributed by atoms with Gasteiger partial charge in [-0.25, -0.2) is 13.4 Å². The number of pyridine rings is 1. The van der Waals surface area contributed by atoms with Crippen LogP contribution in [0.25, 0.3) is 0 Å². The van der Waals surface area contributed by atoms with Gasteiger partial charge in [0, 0.05) is 24.5 Å². The Morgan fingerprint density at radius 1 is 1.30 bits per heavy atom. The summed E-state index contributed by atoms with van der Waals surface area (Å²) in [5.41, 5.74) is 1.78. The molecule has 1 N–H and O–H groups in total. The van der Waals surface area contributed by atoms with E-state index in [0.29, 0.717) is 29.9 Å². The van der Waals surface area contributed by atoms with Crippen molar-refractivity contribution in [2.45, 2.75) is 19.4 Å². The molecule has 1 atom stereocenters. The molecule has 1 saturated heterocycles. The van der Waals surface area contributed by atoms with Gasteiger partial charge in [0.05, 0.1) is 28.7 Å². The Morgan fingerprint density at radius 2 is 2.04 bits per heavy atom. The average Bonchev–Trinajstić information content (AvgIpc) is 3.03. The van der Waals surface area contributed by atoms with Gasteiger partial charge in [-0.1, -0.05) is 0 Å². The van der Waals surface area contributed by atoms with Gasteiger partial charge in [0.15, 0.2) is 9.84 Å². The van der Waals surface area contributed by atoms with Crippen LogP contribution >= 0.6 is 0 Å². The summed E-state index contributed by atoms with van der Waals surface area (Å²) in [6.07, 6.45) is 1.97. The number of carbonyl (C=O) groups is 1. The number of carbonyl (C=O) groups excluding carboxylic acids is 1. The molecule has 140 valence electrons. The first-order chi connectivity index (χ1) is 12.9. The molecule has 1 fully saturated rings. The van der Waals surface area contributed by atoms with E-state index in [9.17, 15) is 13.2 Å². The topological polar surface area (TPSA) is 103 Å². The second-order valence-electron chi connectivity index (χ2n) is 6.39. The number of amides is 1. The molecule has 8 heteroatoms. The van der Waals surface area contributed by atoms with Gasteiger partial charge in [-0.05, 0) is 49.7 Å². The highest BCUT2D eigenvalue weighted by Crippen LogP contribution is 2.21. The second kappa shape index (κ2) is 7.76. The van der Waals surface area contributed by atoms with Crippen molar-refractivity contribution in [1.82, 2.24) is 9.88 Å². The van der Waals surface area contributed by atoms with Crippen LogP contribution in [0.5, 0.6) is 0 Å². The van der Waals surface area contributed by atoms with Crippen molar-refractivity contribution in [2.75, 3.05) is 23.4 Å². The van der Waals surface area contributed by atoms with E-state index in [1.54, 1.807) is 41.3 Å². The van der Waals surface area contributed by atoms with Gasteiger partial charge in [0.2, 0.25) is 0 Å². The summed E-state index contributed by atoms with van der Waals surface area (Å²) in [6, 6.07) is 12.1. The highest BCUT2D eigenvalue weighted by atomic mass is 32.2. The lowest BCUT2D eigenvalue weighted by Crippen LogP contribution is -2.41. The Balaban J connectivity index is 1.70. The zero-order chi connectivity index (χ0) is 19.4. The molecule has 27 heavy (non-hydrogen) atoms. The third kappa shape index (κ3) is 4.44. The summed E-state index contributed by atoms with van der Waals surface area (Å²) in [4.78, 5) is 18.6. The minimum Gasteiger partial charge on any atom is -0.340 e. The van der Waals surface area contributed by atoms with Gasteiger partial charge in [-0.15, -0.1) is 0 Å². The Kier molecular flexibility index (Phi) is 5.42. The predicted molar refractivity (Wildman–Crippen MR) is 102 cm³/mol. The molecule has 2 heterocycles. The Bertz CT molecular complexity index is 964. The Morgan fingerprint density at radius 3 is 2.56 bits per heavy atom. The fraction of sp³-hybridized carbons (Fsp3) is 0.316. The largest absolute Gasteiger partial charge is 0.340 e. The van der Waals surface area contributed by atoms with E-state index >= 15 is 0 Å². The number of anilines is 2. The Hall–Kier alpha value is -2.92. The number of sulfone groups is 1. The standard InChI is InChI=1S/C19H20N4O3S/c1-2-23(17-9-10-27(25,26)13-17)19(24)15-5-8-18(21-12-15)22-16-6-3-14(11-20)4-7-16/h3-8,12,17H,2,9-10,13H2,1H3,(H,21,22). The number of benzene rings is 1. The second-order valence-corrected chi connectivity index (χ2v) is 8.62. The van der Waals surface area contributed by atoms with E-state index in [4.69, 9.17) is 5.26 Å². The van der Waals surface area contributed by atoms with Crippen molar-refractivity contribution in [3.63, 3.8) is 0 Å². The van der Waals surface area contributed by atoms with Crippen molar-refractivity contribution in [2.24, 2.45) is 0 Å². The molecule has 0 spiro atoms. The molecule has 2 aromatic rings. The summed E-state index contributed by atoms with van der Waals surface area (Å²) in [5, 5.41) is 11.9. The van der Waals surface area contributed by atoms with Crippen LogP contribution in [-0.4, -0.2) is 48.3 Å². The number of nitriles is 1. The van der Waals surface area contributed by atoms with Crippen molar-refractivity contribution in [3.8, 4) is 6.07 Å². The lowest BCUT2D eigenvalue weighted by molar-refractivity contribution is 0.0708. The van der Waals surface area contributed by atoms with Gasteiger partial charge < -0.3 is 10.2 Å². The average molecular weight is 384 g/mol. The lowest BCUT2D eigenvalue weighted by atomic mass is 10.1. The van der Waals surface area contributed by atoms with Crippen molar-refractivity contribution >= 4 is 27.2 Å². The third-order valence-electron chi connectivity index (χ3n) is 4.55. The van der Waals surface area contributed by atoms with E-state index in [-0.39, 0.29) is 23.5 Å². The molecule has 0 saturated carbocycles. The van der Waals surface area contributed by atoms with Crippen LogP contribution < -0.4 is 5.32 Å². The first-order valence-electron chi connectivity index (χ1n) is 8.66. The minimum absolute atomic E-state index is 0.0261. The highest BCUT2D eigenvalue weighted by Gasteiger charge is 2.34. The van der Waals surface area contributed by atoms with Gasteiger partial charge >= 0.3 is 0 Å². The molecular weight excluding hydrogens is 364 g/mol. The smallest absolute Gasteiger partial charge is 0.255 e. The molecule has 1 aliphatic rings. The fourth-order valence-electron chi connectivity index (χ4n) is 3.12. The van der Waals surface area contributed by atoms with Crippen LogP contribution in [0.15, 0.2) is 42.6 Å². The van der Waals surface area contributed by atoms with E-state index in [0.717, 1.165) is 5.69 Å². The van der Waals surface area contributed by atoms with Crippen molar-refractivity contribution < 1.29 is 13.2 Å². The quantitative estimate of drug-likeness (QED) is 0.849. The number of rotatable bonds is 5. The molecule has 1 amide bonds. The van der Waals surface area contributed by atoms with Gasteiger partial charge in [0.1, 0.15) is 5.82 Å². The summed E-state index contributed by atoms with van der Waals surface area (Å²) in [7, 11) is -3.05. The molecule has 0 bridgehead atoms. The van der Waals surface area contributed by atoms with Gasteiger partial charge in [-0.3, -0.25) is 4.79 Å². The Labute approximate surface area is 158 Å². The van der Waals surface area contributed by atoms with Crippen LogP contribution in [0.4, 0.5) is 11.5 Å². The van der Waals surface area contributed by atoms with Crippen LogP contribution in [-0.2, 0) is 9.84 Å². The molecule has 7 nitrogen and oxygen atoms in total. The maximum absolute atomic E-state index is 12.8. The monoisotopic (exact) mass is 384 g/mol. The lowest BCUT2D eigenvalue weighted by Gasteiger charge is -2.26. The van der Waals surface area contributed by atoms with Gasteiger partial charge in [0.25, 0.3) is 5.91 Å². The molecule has 1 unspecified atom stereocenters. The van der Waals surface area contributed by atoms with Gasteiger partial charge in [-0.2, -0.15) is 5.26 Å². The minimum atomic E-state index is -3.05. The van der Waals surface area contributed by atoms with Crippen molar-refractivity contribution in [3.05, 3.63) is 53.7 Å². The van der Waals surface area contributed by atoms with Crippen LogP contribution in [0.2, 0.25) is 0 Å². The number of nitrogens with one attached hydrogen (secondary N) is 1. The summed E-state index contributed by atoms with van der Waals surface area (Å²) < 4.78 is 23.4. The maximum Gasteiger partial charge on any atom is 0.255 e. The normalized spacial score (nSPS) is 17.9. The number of hydrogen-bond donors (Lipinski definition) is 1. The van der Waals surface area contributed by atoms with E-state index in [1.807, 2.05) is 6.92 Å². The summed E-state index contributed by atoms with van der Waals surface area (Å²) in [6.45, 7) is 2.29. The fourth-order valence-corrected chi connectivity index (χ4v) is 4.86. The SMILES string of the molecule is CCN(C(=O)c1ccc(Nc2ccc(C#N)cc2)nc1)C1CCS(=O)(=O)C1. The third-order valence-corrected chi connectivity index (χ3v) is 6.30. The number of hydrogen-bond acceptors (Lipinski definition) is 6. The van der Waals surface area contributed by atoms with E-state index < -0.39 is 9.84 Å². The van der Waals surface area contributed by atoms with Crippen molar-refractivity contribution in [1.29, 1.82) is 5.26 Å². The molecule has 3 rings (SSSR count). The zero-order valence-electron chi connectivity index (χ0n) is 14.9. The zero-order valence-corrected chi connectivity index (χ0v) is 15.7. The number of nitrogens with zero attached hydrogens (tertiary/aromatic N) is 3. The molecule has 0 aliphatic carbocycles. The van der Waals surface area contributed by atoms with E-state index in [1.165, 1.54) is 6.20 Å². The summed E-state index contributed by atoms with van der Waals surface area (Å²) in [5.74, 6) is 0.519. The summed E-state index contributed by atoms with van der Waals surface area (Å²) >= 11 is 0. The van der Waals surface area contributed by atoms with Crippen LogP contribution in [0.1, 0.15) is 29.3 Å². The maximum atomic E-state index is 12.8. The predicted octanol–water partition coefficient (Wildman–Crippen LogP) is 2.35. The molecule has 1 aliphatic heterocycles. The first-order valence-corrected chi connectivity index (χ1v) is 10.5. The number of aromatic nitrogens is 1. The first kappa shape index (κ1) is 18.9. The van der Waals surface area contributed by atoms with Crippen LogP contribution in [0.3, 0.4) is 0 Å².